The highest BCUT2D eigenvalue weighted by Gasteiger charge is 2.59. The van der Waals surface area contributed by atoms with Crippen molar-refractivity contribution >= 4 is 6.03 Å². The van der Waals surface area contributed by atoms with E-state index in [0.29, 0.717) is 31.8 Å². The molecule has 1 aliphatic carbocycles. The summed E-state index contributed by atoms with van der Waals surface area (Å²) in [4.78, 5) is 12.1. The number of carbonyl (C=O) groups excluding carboxylic acids is 1. The number of nitrogens with one attached hydrogen (secondary N) is 2. The molecule has 1 saturated carbocycles. The predicted octanol–water partition coefficient (Wildman–Crippen LogP) is 2.36. The maximum Gasteiger partial charge on any atom is 0.315 e. The molecule has 24 heavy (non-hydrogen) atoms. The van der Waals surface area contributed by atoms with Gasteiger partial charge in [-0.3, -0.25) is 0 Å². The van der Waals surface area contributed by atoms with Gasteiger partial charge in [-0.1, -0.05) is 44.2 Å². The fourth-order valence-corrected chi connectivity index (χ4v) is 3.98. The van der Waals surface area contributed by atoms with Crippen molar-refractivity contribution in [1.82, 2.24) is 10.6 Å². The zero-order valence-electron chi connectivity index (χ0n) is 14.6. The second-order valence-corrected chi connectivity index (χ2v) is 7.29. The minimum absolute atomic E-state index is 0.0185. The van der Waals surface area contributed by atoms with Crippen LogP contribution in [-0.2, 0) is 15.9 Å². The smallest absolute Gasteiger partial charge is 0.315 e. The van der Waals surface area contributed by atoms with Gasteiger partial charge in [0.2, 0.25) is 0 Å². The molecule has 2 aliphatic rings. The Balaban J connectivity index is 1.28. The van der Waals surface area contributed by atoms with Gasteiger partial charge in [0.25, 0.3) is 0 Å². The van der Waals surface area contributed by atoms with Gasteiger partial charge in [-0.25, -0.2) is 4.79 Å². The SMILES string of the molecule is CC1(C)[C@H](NC(=O)NCCOCCc2ccccc2)[C@H]2CCO[C@H]21. The Kier molecular flexibility index (Phi) is 5.41. The molecule has 1 saturated heterocycles. The van der Waals surface area contributed by atoms with Crippen LogP contribution in [0, 0.1) is 11.3 Å². The van der Waals surface area contributed by atoms with Crippen molar-refractivity contribution in [3.63, 3.8) is 0 Å². The van der Waals surface area contributed by atoms with E-state index >= 15 is 0 Å². The van der Waals surface area contributed by atoms with Crippen molar-refractivity contribution in [3.05, 3.63) is 35.9 Å². The Labute approximate surface area is 144 Å². The summed E-state index contributed by atoms with van der Waals surface area (Å²) in [5.74, 6) is 0.466. The summed E-state index contributed by atoms with van der Waals surface area (Å²) in [5.41, 5.74) is 1.29. The van der Waals surface area contributed by atoms with Gasteiger partial charge >= 0.3 is 6.03 Å². The Morgan fingerprint density at radius 2 is 2.08 bits per heavy atom. The van der Waals surface area contributed by atoms with E-state index in [1.165, 1.54) is 5.56 Å². The normalized spacial score (nSPS) is 27.2. The average Bonchev–Trinajstić information content (AvgIpc) is 3.04. The molecular weight excluding hydrogens is 304 g/mol. The van der Waals surface area contributed by atoms with Crippen molar-refractivity contribution in [2.45, 2.75) is 38.8 Å². The van der Waals surface area contributed by atoms with Crippen LogP contribution in [-0.4, -0.2) is 44.5 Å². The monoisotopic (exact) mass is 332 g/mol. The summed E-state index contributed by atoms with van der Waals surface area (Å²) in [7, 11) is 0. The summed E-state index contributed by atoms with van der Waals surface area (Å²) >= 11 is 0. The van der Waals surface area contributed by atoms with Gasteiger partial charge in [0.1, 0.15) is 0 Å². The van der Waals surface area contributed by atoms with Gasteiger partial charge in [-0.2, -0.15) is 0 Å². The minimum Gasteiger partial charge on any atom is -0.379 e. The zero-order chi connectivity index (χ0) is 17.0. The second-order valence-electron chi connectivity index (χ2n) is 7.29. The van der Waals surface area contributed by atoms with Crippen molar-refractivity contribution in [3.8, 4) is 0 Å². The highest BCUT2D eigenvalue weighted by molar-refractivity contribution is 5.74. The van der Waals surface area contributed by atoms with E-state index in [-0.39, 0.29) is 17.5 Å². The van der Waals surface area contributed by atoms with E-state index in [9.17, 15) is 4.79 Å². The van der Waals surface area contributed by atoms with Gasteiger partial charge in [0.05, 0.1) is 19.3 Å². The lowest BCUT2D eigenvalue weighted by Crippen LogP contribution is -2.67. The molecule has 0 radical (unpaired) electrons. The molecule has 1 heterocycles. The van der Waals surface area contributed by atoms with Crippen LogP contribution in [0.25, 0.3) is 0 Å². The standard InChI is InChI=1S/C19H28N2O3/c1-19(2)16(15-9-12-24-17(15)19)21-18(22)20-10-13-23-11-8-14-6-4-3-5-7-14/h3-7,15-17H,8-13H2,1-2H3,(H2,20,21,22)/t15-,16-,17-/m1/s1. The Hall–Kier alpha value is -1.59. The van der Waals surface area contributed by atoms with Crippen molar-refractivity contribution in [2.75, 3.05) is 26.4 Å². The van der Waals surface area contributed by atoms with Crippen LogP contribution in [0.1, 0.15) is 25.8 Å². The molecule has 2 N–H and O–H groups in total. The summed E-state index contributed by atoms with van der Waals surface area (Å²) < 4.78 is 11.3. The van der Waals surface area contributed by atoms with Crippen LogP contribution in [0.5, 0.6) is 0 Å². The van der Waals surface area contributed by atoms with E-state index in [1.807, 2.05) is 18.2 Å². The first-order chi connectivity index (χ1) is 11.6. The molecule has 2 amide bonds. The third-order valence-electron chi connectivity index (χ3n) is 5.30. The van der Waals surface area contributed by atoms with E-state index in [4.69, 9.17) is 9.47 Å². The minimum atomic E-state index is -0.106. The molecule has 1 aliphatic heterocycles. The van der Waals surface area contributed by atoms with E-state index < -0.39 is 0 Å². The number of amides is 2. The highest BCUT2D eigenvalue weighted by Crippen LogP contribution is 2.51. The van der Waals surface area contributed by atoms with Gasteiger partial charge in [-0.15, -0.1) is 0 Å². The molecule has 3 atom stereocenters. The van der Waals surface area contributed by atoms with Crippen LogP contribution >= 0.6 is 0 Å². The number of fused-ring (bicyclic) bond motifs is 1. The number of carbonyl (C=O) groups is 1. The summed E-state index contributed by atoms with van der Waals surface area (Å²) in [6.07, 6.45) is 2.23. The first-order valence-corrected chi connectivity index (χ1v) is 8.86. The van der Waals surface area contributed by atoms with Gasteiger partial charge in [0.15, 0.2) is 0 Å². The van der Waals surface area contributed by atoms with E-state index in [1.54, 1.807) is 0 Å². The third kappa shape index (κ3) is 3.73. The van der Waals surface area contributed by atoms with Crippen LogP contribution in [0.3, 0.4) is 0 Å². The van der Waals surface area contributed by atoms with Crippen molar-refractivity contribution < 1.29 is 14.3 Å². The number of benzene rings is 1. The summed E-state index contributed by atoms with van der Waals surface area (Å²) in [6, 6.07) is 10.3. The van der Waals surface area contributed by atoms with Gasteiger partial charge in [-0.05, 0) is 18.4 Å². The molecule has 1 aromatic carbocycles. The molecule has 0 bridgehead atoms. The van der Waals surface area contributed by atoms with Crippen LogP contribution in [0.2, 0.25) is 0 Å². The van der Waals surface area contributed by atoms with Crippen LogP contribution in [0.15, 0.2) is 30.3 Å². The molecule has 132 valence electrons. The third-order valence-corrected chi connectivity index (χ3v) is 5.30. The summed E-state index contributed by atoms with van der Waals surface area (Å²) in [5, 5.41) is 5.99. The van der Waals surface area contributed by atoms with E-state index in [2.05, 4.69) is 36.6 Å². The fourth-order valence-electron chi connectivity index (χ4n) is 3.98. The molecule has 0 spiro atoms. The predicted molar refractivity (Wildman–Crippen MR) is 92.9 cm³/mol. The lowest BCUT2D eigenvalue weighted by molar-refractivity contribution is -0.108. The number of hydrogen-bond acceptors (Lipinski definition) is 3. The lowest BCUT2D eigenvalue weighted by Gasteiger charge is -2.54. The Bertz CT molecular complexity index is 547. The molecule has 5 nitrogen and oxygen atoms in total. The van der Waals surface area contributed by atoms with Gasteiger partial charge in [0, 0.05) is 30.5 Å². The first-order valence-electron chi connectivity index (χ1n) is 8.86. The van der Waals surface area contributed by atoms with Crippen molar-refractivity contribution in [1.29, 1.82) is 0 Å². The topological polar surface area (TPSA) is 59.6 Å². The first kappa shape index (κ1) is 17.2. The molecule has 2 fully saturated rings. The van der Waals surface area contributed by atoms with Crippen molar-refractivity contribution in [2.24, 2.45) is 11.3 Å². The molecule has 0 unspecified atom stereocenters. The number of urea groups is 1. The Morgan fingerprint density at radius 3 is 2.88 bits per heavy atom. The number of ether oxygens (including phenoxy) is 2. The van der Waals surface area contributed by atoms with Crippen LogP contribution in [0.4, 0.5) is 4.79 Å². The molecule has 5 heteroatoms. The highest BCUT2D eigenvalue weighted by atomic mass is 16.5. The Morgan fingerprint density at radius 1 is 1.29 bits per heavy atom. The quantitative estimate of drug-likeness (QED) is 0.754. The second kappa shape index (κ2) is 7.53. The number of rotatable bonds is 7. The summed E-state index contributed by atoms with van der Waals surface area (Å²) in [6.45, 7) is 6.87. The van der Waals surface area contributed by atoms with E-state index in [0.717, 1.165) is 19.4 Å². The average molecular weight is 332 g/mol. The molecular formula is C19H28N2O3. The zero-order valence-corrected chi connectivity index (χ0v) is 14.6. The van der Waals surface area contributed by atoms with Crippen LogP contribution < -0.4 is 10.6 Å². The molecule has 0 aromatic heterocycles. The maximum absolute atomic E-state index is 12.1. The molecule has 1 aromatic rings. The van der Waals surface area contributed by atoms with Gasteiger partial charge < -0.3 is 20.1 Å². The fraction of sp³-hybridized carbons (Fsp3) is 0.632. The largest absolute Gasteiger partial charge is 0.379 e. The molecule has 3 rings (SSSR count). The number of hydrogen-bond donors (Lipinski definition) is 2. The maximum atomic E-state index is 12.1. The lowest BCUT2D eigenvalue weighted by atomic mass is 9.57.